The molecule has 0 amide bonds. The molecule has 3 rings (SSSR count). The van der Waals surface area contributed by atoms with Crippen LogP contribution in [0.2, 0.25) is 0 Å². The van der Waals surface area contributed by atoms with E-state index in [1.807, 2.05) is 30.3 Å². The van der Waals surface area contributed by atoms with Gasteiger partial charge in [-0.15, -0.1) is 0 Å². The molecule has 0 fully saturated rings. The number of aryl methyl sites for hydroxylation is 1. The minimum Gasteiger partial charge on any atom is -0.465 e. The monoisotopic (exact) mass is 338 g/mol. The zero-order valence-electron chi connectivity index (χ0n) is 14.5. The molecule has 25 heavy (non-hydrogen) atoms. The lowest BCUT2D eigenvalue weighted by Crippen LogP contribution is -2.34. The Morgan fingerprint density at radius 2 is 1.96 bits per heavy atom. The van der Waals surface area contributed by atoms with Crippen LogP contribution in [-0.2, 0) is 20.7 Å². The van der Waals surface area contributed by atoms with Crippen molar-refractivity contribution in [3.05, 3.63) is 65.6 Å². The van der Waals surface area contributed by atoms with E-state index in [1.165, 1.54) is 11.6 Å². The highest BCUT2D eigenvalue weighted by molar-refractivity contribution is 6.10. The lowest BCUT2D eigenvalue weighted by atomic mass is 9.74. The molecule has 0 aliphatic heterocycles. The van der Waals surface area contributed by atoms with Gasteiger partial charge in [-0.2, -0.15) is 0 Å². The second kappa shape index (κ2) is 7.51. The number of rotatable bonds is 5. The van der Waals surface area contributed by atoms with Crippen molar-refractivity contribution in [1.82, 2.24) is 0 Å². The third-order valence-corrected chi connectivity index (χ3v) is 4.66. The number of allylic oxidation sites excluding steroid dienone is 2. The first-order valence-electron chi connectivity index (χ1n) is 8.67. The molecule has 0 bridgehead atoms. The van der Waals surface area contributed by atoms with Crippen molar-refractivity contribution >= 4 is 17.3 Å². The van der Waals surface area contributed by atoms with Crippen LogP contribution in [0.15, 0.2) is 53.2 Å². The number of furan rings is 1. The molecule has 1 aromatic carbocycles. The van der Waals surface area contributed by atoms with Crippen LogP contribution >= 0.6 is 0 Å². The topological polar surface area (TPSA) is 56.5 Å². The maximum absolute atomic E-state index is 12.7. The van der Waals surface area contributed by atoms with E-state index >= 15 is 0 Å². The minimum atomic E-state index is -0.800. The van der Waals surface area contributed by atoms with E-state index in [4.69, 9.17) is 9.15 Å². The van der Waals surface area contributed by atoms with Gasteiger partial charge in [0.15, 0.2) is 5.78 Å². The van der Waals surface area contributed by atoms with E-state index in [0.29, 0.717) is 12.2 Å². The molecule has 0 saturated heterocycles. The maximum atomic E-state index is 12.7. The first-order chi connectivity index (χ1) is 12.1. The highest BCUT2D eigenvalue weighted by atomic mass is 16.5. The van der Waals surface area contributed by atoms with Crippen LogP contribution in [0.4, 0.5) is 0 Å². The van der Waals surface area contributed by atoms with Gasteiger partial charge in [0, 0.05) is 5.92 Å². The van der Waals surface area contributed by atoms with Crippen molar-refractivity contribution in [3.63, 3.8) is 0 Å². The smallest absolute Gasteiger partial charge is 0.317 e. The Kier molecular flexibility index (Phi) is 5.17. The molecule has 2 atom stereocenters. The average molecular weight is 338 g/mol. The average Bonchev–Trinajstić information content (AvgIpc) is 3.16. The summed E-state index contributed by atoms with van der Waals surface area (Å²) in [5, 5.41) is 0. The van der Waals surface area contributed by atoms with E-state index in [1.54, 1.807) is 19.3 Å². The summed E-state index contributed by atoms with van der Waals surface area (Å²) in [5.41, 5.74) is 3.02. The van der Waals surface area contributed by atoms with Gasteiger partial charge in [0.2, 0.25) is 0 Å². The SMILES string of the molecule is CCOC(=O)[C@@H]1C(=O)C=C(c2ccco2)C[C@@H]1c1ccc(CC)cc1. The second-order valence-corrected chi connectivity index (χ2v) is 6.18. The normalized spacial score (nSPS) is 20.2. The molecule has 0 radical (unpaired) electrons. The molecule has 0 unspecified atom stereocenters. The summed E-state index contributed by atoms with van der Waals surface area (Å²) >= 11 is 0. The van der Waals surface area contributed by atoms with E-state index in [0.717, 1.165) is 17.6 Å². The zero-order chi connectivity index (χ0) is 17.8. The van der Waals surface area contributed by atoms with Crippen LogP contribution in [0.5, 0.6) is 0 Å². The highest BCUT2D eigenvalue weighted by Gasteiger charge is 2.40. The van der Waals surface area contributed by atoms with Crippen LogP contribution in [0.25, 0.3) is 5.57 Å². The Morgan fingerprint density at radius 1 is 1.20 bits per heavy atom. The molecule has 1 heterocycles. The van der Waals surface area contributed by atoms with Crippen LogP contribution in [-0.4, -0.2) is 18.4 Å². The number of ether oxygens (including phenoxy) is 1. The number of esters is 1. The van der Waals surface area contributed by atoms with Crippen molar-refractivity contribution in [2.45, 2.75) is 32.6 Å². The van der Waals surface area contributed by atoms with Crippen LogP contribution in [0.3, 0.4) is 0 Å². The Morgan fingerprint density at radius 3 is 2.56 bits per heavy atom. The highest BCUT2D eigenvalue weighted by Crippen LogP contribution is 2.40. The molecule has 130 valence electrons. The van der Waals surface area contributed by atoms with Gasteiger partial charge < -0.3 is 9.15 Å². The minimum absolute atomic E-state index is 0.222. The van der Waals surface area contributed by atoms with Gasteiger partial charge in [0.05, 0.1) is 12.9 Å². The summed E-state index contributed by atoms with van der Waals surface area (Å²) in [6.45, 7) is 4.11. The largest absolute Gasteiger partial charge is 0.465 e. The Hall–Kier alpha value is -2.62. The van der Waals surface area contributed by atoms with Crippen molar-refractivity contribution in [2.75, 3.05) is 6.61 Å². The van der Waals surface area contributed by atoms with Gasteiger partial charge in [-0.1, -0.05) is 31.2 Å². The number of hydrogen-bond donors (Lipinski definition) is 0. The van der Waals surface area contributed by atoms with Gasteiger partial charge in [0.1, 0.15) is 11.7 Å². The van der Waals surface area contributed by atoms with Crippen LogP contribution in [0.1, 0.15) is 43.1 Å². The van der Waals surface area contributed by atoms with Gasteiger partial charge in [-0.25, -0.2) is 0 Å². The number of hydrogen-bond acceptors (Lipinski definition) is 4. The fourth-order valence-corrected chi connectivity index (χ4v) is 3.33. The first kappa shape index (κ1) is 17.2. The molecule has 1 aliphatic carbocycles. The van der Waals surface area contributed by atoms with Gasteiger partial charge in [-0.3, -0.25) is 9.59 Å². The number of benzene rings is 1. The van der Waals surface area contributed by atoms with E-state index < -0.39 is 11.9 Å². The standard InChI is InChI=1S/C21H22O4/c1-3-14-7-9-15(10-8-14)17-12-16(19-6-5-11-25-19)13-18(22)20(17)21(23)24-4-2/h5-11,13,17,20H,3-4,12H2,1-2H3/t17-,20+/m1/s1. The lowest BCUT2D eigenvalue weighted by Gasteiger charge is -2.28. The van der Waals surface area contributed by atoms with Crippen LogP contribution in [0, 0.1) is 5.92 Å². The molecule has 1 aliphatic rings. The number of ketones is 1. The molecule has 0 saturated carbocycles. The molecule has 0 N–H and O–H groups in total. The predicted molar refractivity (Wildman–Crippen MR) is 95.0 cm³/mol. The maximum Gasteiger partial charge on any atom is 0.317 e. The van der Waals surface area contributed by atoms with Gasteiger partial charge >= 0.3 is 5.97 Å². The molecule has 0 spiro atoms. The van der Waals surface area contributed by atoms with Crippen LogP contribution < -0.4 is 0 Å². The van der Waals surface area contributed by atoms with Gasteiger partial charge in [0.25, 0.3) is 0 Å². The summed E-state index contributed by atoms with van der Waals surface area (Å²) in [6, 6.07) is 11.7. The molecular weight excluding hydrogens is 316 g/mol. The lowest BCUT2D eigenvalue weighted by molar-refractivity contribution is -0.151. The third-order valence-electron chi connectivity index (χ3n) is 4.66. The fraction of sp³-hybridized carbons (Fsp3) is 0.333. The fourth-order valence-electron chi connectivity index (χ4n) is 3.33. The summed E-state index contributed by atoms with van der Waals surface area (Å²) in [6.07, 6.45) is 4.62. The Balaban J connectivity index is 1.98. The first-order valence-corrected chi connectivity index (χ1v) is 8.67. The van der Waals surface area contributed by atoms with E-state index in [9.17, 15) is 9.59 Å². The number of carbonyl (C=O) groups is 2. The summed E-state index contributed by atoms with van der Waals surface area (Å²) < 4.78 is 10.6. The molecule has 1 aromatic heterocycles. The summed E-state index contributed by atoms with van der Waals surface area (Å²) in [7, 11) is 0. The van der Waals surface area contributed by atoms with Crippen molar-refractivity contribution < 1.29 is 18.7 Å². The van der Waals surface area contributed by atoms with E-state index in [-0.39, 0.29) is 18.3 Å². The second-order valence-electron chi connectivity index (χ2n) is 6.18. The summed E-state index contributed by atoms with van der Waals surface area (Å²) in [5.74, 6) is -1.05. The van der Waals surface area contributed by atoms with Crippen molar-refractivity contribution in [3.8, 4) is 0 Å². The van der Waals surface area contributed by atoms with Gasteiger partial charge in [-0.05, 0) is 54.7 Å². The van der Waals surface area contributed by atoms with Crippen molar-refractivity contribution in [2.24, 2.45) is 5.92 Å². The molecular formula is C21H22O4. The molecule has 4 nitrogen and oxygen atoms in total. The van der Waals surface area contributed by atoms with Crippen molar-refractivity contribution in [1.29, 1.82) is 0 Å². The predicted octanol–water partition coefficient (Wildman–Crippen LogP) is 4.16. The summed E-state index contributed by atoms with van der Waals surface area (Å²) in [4.78, 5) is 25.1. The van der Waals surface area contributed by atoms with E-state index in [2.05, 4.69) is 6.92 Å². The Labute approximate surface area is 147 Å². The Bertz CT molecular complexity index is 769. The zero-order valence-corrected chi connectivity index (χ0v) is 14.5. The third kappa shape index (κ3) is 3.58. The molecule has 2 aromatic rings. The number of carbonyl (C=O) groups excluding carboxylic acids is 2. The molecule has 4 heteroatoms. The quantitative estimate of drug-likeness (QED) is 0.607.